The van der Waals surface area contributed by atoms with Gasteiger partial charge < -0.3 is 10.1 Å². The minimum absolute atomic E-state index is 0.0532. The number of anilines is 1. The number of nitrogens with zero attached hydrogens (tertiary/aromatic N) is 2. The molecule has 3 aromatic rings. The van der Waals surface area contributed by atoms with Crippen LogP contribution < -0.4 is 16.0 Å². The molecule has 0 aliphatic rings. The number of rotatable bonds is 9. The number of nitrogens with one attached hydrogen (secondary N) is 1. The Morgan fingerprint density at radius 3 is 2.78 bits per heavy atom. The van der Waals surface area contributed by atoms with Gasteiger partial charge in [-0.2, -0.15) is 0 Å². The van der Waals surface area contributed by atoms with E-state index >= 15 is 0 Å². The maximum Gasteiger partial charge on any atom is 0.262 e. The van der Waals surface area contributed by atoms with Crippen molar-refractivity contribution < 1.29 is 17.9 Å². The fraction of sp³-hybridized carbons (Fsp3) is 0.250. The zero-order valence-electron chi connectivity index (χ0n) is 17.1. The first-order valence-corrected chi connectivity index (χ1v) is 12.3. The molecule has 3 rings (SSSR count). The van der Waals surface area contributed by atoms with Gasteiger partial charge >= 0.3 is 0 Å². The van der Waals surface area contributed by atoms with Gasteiger partial charge in [0.25, 0.3) is 5.56 Å². The van der Waals surface area contributed by atoms with Crippen molar-refractivity contribution in [3.63, 3.8) is 0 Å². The van der Waals surface area contributed by atoms with Crippen LogP contribution in [0, 0.1) is 0 Å². The third kappa shape index (κ3) is 6.08. The quantitative estimate of drug-likeness (QED) is 0.264. The molecule has 1 aromatic heterocycles. The summed E-state index contributed by atoms with van der Waals surface area (Å²) in [4.78, 5) is 29.8. The third-order valence-electron chi connectivity index (χ3n) is 4.39. The highest BCUT2D eigenvalue weighted by molar-refractivity contribution is 7.99. The molecule has 0 aliphatic carbocycles. The van der Waals surface area contributed by atoms with Crippen molar-refractivity contribution in [1.29, 1.82) is 0 Å². The maximum atomic E-state index is 13.0. The number of carbonyl (C=O) groups is 1. The van der Waals surface area contributed by atoms with Crippen molar-refractivity contribution in [2.45, 2.75) is 23.0 Å². The van der Waals surface area contributed by atoms with Gasteiger partial charge in [0.2, 0.25) is 15.9 Å². The molecule has 0 radical (unpaired) electrons. The number of hydrogen-bond donors (Lipinski definition) is 2. The monoisotopic (exact) mass is 496 g/mol. The maximum absolute atomic E-state index is 13.0. The van der Waals surface area contributed by atoms with Gasteiger partial charge in [-0.1, -0.05) is 29.4 Å². The lowest BCUT2D eigenvalue weighted by atomic mass is 10.2. The van der Waals surface area contributed by atoms with Crippen LogP contribution in [0.4, 0.5) is 5.69 Å². The summed E-state index contributed by atoms with van der Waals surface area (Å²) in [5.74, 6) is -0.451. The SMILES string of the molecule is COCCCn1c(SCC(=O)Nc2cccc(S(N)(=O)=O)c2)nc2cc(Cl)ccc2c1=O. The number of fused-ring (bicyclic) bond motifs is 1. The summed E-state index contributed by atoms with van der Waals surface area (Å²) in [7, 11) is -2.31. The summed E-state index contributed by atoms with van der Waals surface area (Å²) in [6, 6.07) is 10.5. The van der Waals surface area contributed by atoms with Crippen molar-refractivity contribution in [3.05, 3.63) is 57.8 Å². The van der Waals surface area contributed by atoms with Crippen LogP contribution in [-0.2, 0) is 26.1 Å². The van der Waals surface area contributed by atoms with Gasteiger partial charge in [-0.3, -0.25) is 14.2 Å². The molecule has 32 heavy (non-hydrogen) atoms. The van der Waals surface area contributed by atoms with Gasteiger partial charge in [-0.05, 0) is 42.8 Å². The second-order valence-electron chi connectivity index (χ2n) is 6.77. The van der Waals surface area contributed by atoms with Crippen molar-refractivity contribution in [2.24, 2.45) is 5.14 Å². The summed E-state index contributed by atoms with van der Waals surface area (Å²) in [6.07, 6.45) is 0.595. The largest absolute Gasteiger partial charge is 0.385 e. The number of halogens is 1. The summed E-state index contributed by atoms with van der Waals surface area (Å²) >= 11 is 7.13. The molecule has 0 unspecified atom stereocenters. The first-order valence-electron chi connectivity index (χ1n) is 9.43. The lowest BCUT2D eigenvalue weighted by Gasteiger charge is -2.13. The first kappa shape index (κ1) is 24.2. The Morgan fingerprint density at radius 2 is 2.06 bits per heavy atom. The van der Waals surface area contributed by atoms with Gasteiger partial charge in [0, 0.05) is 31.0 Å². The minimum atomic E-state index is -3.89. The topological polar surface area (TPSA) is 133 Å². The van der Waals surface area contributed by atoms with Crippen molar-refractivity contribution >= 4 is 55.9 Å². The molecular formula is C20H21ClN4O5S2. The van der Waals surface area contributed by atoms with Gasteiger partial charge in [-0.15, -0.1) is 0 Å². The number of aromatic nitrogens is 2. The number of hydrogen-bond acceptors (Lipinski definition) is 7. The normalized spacial score (nSPS) is 11.6. The number of ether oxygens (including phenoxy) is 1. The third-order valence-corrected chi connectivity index (χ3v) is 6.51. The highest BCUT2D eigenvalue weighted by Gasteiger charge is 2.15. The van der Waals surface area contributed by atoms with Crippen LogP contribution in [0.1, 0.15) is 6.42 Å². The van der Waals surface area contributed by atoms with Crippen molar-refractivity contribution in [3.8, 4) is 0 Å². The number of amides is 1. The first-order chi connectivity index (χ1) is 15.2. The van der Waals surface area contributed by atoms with Crippen LogP contribution in [-0.4, -0.2) is 43.3 Å². The molecule has 3 N–H and O–H groups in total. The van der Waals surface area contributed by atoms with Crippen LogP contribution in [0.2, 0.25) is 5.02 Å². The molecule has 2 aromatic carbocycles. The van der Waals surface area contributed by atoms with E-state index in [0.29, 0.717) is 40.7 Å². The lowest BCUT2D eigenvalue weighted by molar-refractivity contribution is -0.113. The Hall–Kier alpha value is -2.44. The van der Waals surface area contributed by atoms with E-state index in [1.807, 2.05) is 0 Å². The molecule has 0 saturated heterocycles. The number of thioether (sulfide) groups is 1. The number of methoxy groups -OCH3 is 1. The molecule has 0 fully saturated rings. The van der Waals surface area contributed by atoms with Crippen LogP contribution >= 0.6 is 23.4 Å². The Bertz CT molecular complexity index is 1310. The molecule has 0 atom stereocenters. The zero-order chi connectivity index (χ0) is 23.3. The molecule has 0 aliphatic heterocycles. The Labute approximate surface area is 194 Å². The van der Waals surface area contributed by atoms with E-state index in [2.05, 4.69) is 10.3 Å². The molecule has 0 saturated carbocycles. The highest BCUT2D eigenvalue weighted by Crippen LogP contribution is 2.21. The molecule has 170 valence electrons. The average molecular weight is 497 g/mol. The predicted octanol–water partition coefficient (Wildman–Crippen LogP) is 2.46. The van der Waals surface area contributed by atoms with E-state index in [1.165, 1.54) is 22.8 Å². The molecule has 9 nitrogen and oxygen atoms in total. The molecular weight excluding hydrogens is 476 g/mol. The van der Waals surface area contributed by atoms with E-state index in [9.17, 15) is 18.0 Å². The minimum Gasteiger partial charge on any atom is -0.385 e. The van der Waals surface area contributed by atoms with E-state index in [-0.39, 0.29) is 21.9 Å². The van der Waals surface area contributed by atoms with E-state index < -0.39 is 15.9 Å². The standard InChI is InChI=1S/C20H21ClN4O5S2/c1-30-9-3-8-25-19(27)16-7-6-13(21)10-17(16)24-20(25)31-12-18(26)23-14-4-2-5-15(11-14)32(22,28)29/h2,4-7,10-11H,3,8-9,12H2,1H3,(H,23,26)(H2,22,28,29). The van der Waals surface area contributed by atoms with E-state index in [0.717, 1.165) is 11.8 Å². The average Bonchev–Trinajstić information content (AvgIpc) is 2.73. The fourth-order valence-electron chi connectivity index (χ4n) is 2.93. The smallest absolute Gasteiger partial charge is 0.262 e. The highest BCUT2D eigenvalue weighted by atomic mass is 35.5. The van der Waals surface area contributed by atoms with Crippen molar-refractivity contribution in [2.75, 3.05) is 24.8 Å². The number of carbonyl (C=O) groups excluding carboxylic acids is 1. The second-order valence-corrected chi connectivity index (χ2v) is 9.71. The molecule has 12 heteroatoms. The van der Waals surface area contributed by atoms with Crippen molar-refractivity contribution in [1.82, 2.24) is 9.55 Å². The summed E-state index contributed by atoms with van der Waals surface area (Å²) in [5.41, 5.74) is 0.499. The number of benzene rings is 2. The Balaban J connectivity index is 1.82. The molecule has 1 heterocycles. The lowest BCUT2D eigenvalue weighted by Crippen LogP contribution is -2.25. The van der Waals surface area contributed by atoms with Crippen LogP contribution in [0.5, 0.6) is 0 Å². The fourth-order valence-corrected chi connectivity index (χ4v) is 4.48. The summed E-state index contributed by atoms with van der Waals surface area (Å²) < 4.78 is 29.6. The molecule has 1 amide bonds. The Kier molecular flexibility index (Phi) is 7.91. The van der Waals surface area contributed by atoms with Crippen LogP contribution in [0.25, 0.3) is 10.9 Å². The van der Waals surface area contributed by atoms with Gasteiger partial charge in [0.1, 0.15) is 0 Å². The predicted molar refractivity (Wildman–Crippen MR) is 125 cm³/mol. The van der Waals surface area contributed by atoms with E-state index in [1.54, 1.807) is 31.4 Å². The van der Waals surface area contributed by atoms with Crippen LogP contribution in [0.15, 0.2) is 57.3 Å². The number of nitrogens with two attached hydrogens (primary N) is 1. The zero-order valence-corrected chi connectivity index (χ0v) is 19.5. The number of primary sulfonamides is 1. The van der Waals surface area contributed by atoms with E-state index in [4.69, 9.17) is 21.5 Å². The van der Waals surface area contributed by atoms with Gasteiger partial charge in [-0.25, -0.2) is 18.5 Å². The molecule has 0 bridgehead atoms. The Morgan fingerprint density at radius 1 is 1.28 bits per heavy atom. The summed E-state index contributed by atoms with van der Waals surface area (Å²) in [6.45, 7) is 0.842. The molecule has 0 spiro atoms. The van der Waals surface area contributed by atoms with Crippen LogP contribution in [0.3, 0.4) is 0 Å². The number of sulfonamides is 1. The van der Waals surface area contributed by atoms with Gasteiger partial charge in [0.05, 0.1) is 21.6 Å². The van der Waals surface area contributed by atoms with Gasteiger partial charge in [0.15, 0.2) is 5.16 Å². The summed E-state index contributed by atoms with van der Waals surface area (Å²) in [5, 5.41) is 9.00. The second kappa shape index (κ2) is 10.5.